The van der Waals surface area contributed by atoms with Crippen molar-refractivity contribution in [3.8, 4) is 0 Å². The standard InChI is InChI=1S/C6H11NO2/c1-3-5(2)6(9)7-4-8/h3,5,8H,1,4H2,2H3,(H,7,9). The van der Waals surface area contributed by atoms with Crippen molar-refractivity contribution in [3.05, 3.63) is 12.7 Å². The summed E-state index contributed by atoms with van der Waals surface area (Å²) in [5.74, 6) is -0.426. The van der Waals surface area contributed by atoms with Crippen LogP contribution in [0, 0.1) is 5.92 Å². The second-order valence-corrected chi connectivity index (χ2v) is 1.72. The highest BCUT2D eigenvalue weighted by Crippen LogP contribution is 1.92. The average molecular weight is 129 g/mol. The van der Waals surface area contributed by atoms with Crippen LogP contribution in [0.4, 0.5) is 0 Å². The molecule has 9 heavy (non-hydrogen) atoms. The van der Waals surface area contributed by atoms with Crippen LogP contribution >= 0.6 is 0 Å². The Balaban J connectivity index is 3.58. The van der Waals surface area contributed by atoms with Crippen LogP contribution in [0.5, 0.6) is 0 Å². The lowest BCUT2D eigenvalue weighted by molar-refractivity contribution is -0.124. The molecule has 0 aliphatic carbocycles. The van der Waals surface area contributed by atoms with Gasteiger partial charge in [-0.15, -0.1) is 6.58 Å². The molecule has 0 saturated heterocycles. The van der Waals surface area contributed by atoms with Crippen LogP contribution in [-0.4, -0.2) is 17.7 Å². The summed E-state index contributed by atoms with van der Waals surface area (Å²) in [6.07, 6.45) is 1.52. The first kappa shape index (κ1) is 8.17. The molecule has 0 aliphatic rings. The van der Waals surface area contributed by atoms with Crippen molar-refractivity contribution in [1.82, 2.24) is 5.32 Å². The number of rotatable bonds is 3. The summed E-state index contributed by atoms with van der Waals surface area (Å²) in [5.41, 5.74) is 0. The Labute approximate surface area is 54.4 Å². The second-order valence-electron chi connectivity index (χ2n) is 1.72. The summed E-state index contributed by atoms with van der Waals surface area (Å²) in [4.78, 5) is 10.6. The Morgan fingerprint density at radius 1 is 2.00 bits per heavy atom. The van der Waals surface area contributed by atoms with Gasteiger partial charge in [0, 0.05) is 0 Å². The Bertz CT molecular complexity index is 112. The minimum Gasteiger partial charge on any atom is -0.377 e. The zero-order valence-corrected chi connectivity index (χ0v) is 5.42. The van der Waals surface area contributed by atoms with Crippen molar-refractivity contribution in [3.63, 3.8) is 0 Å². The molecule has 1 atom stereocenters. The van der Waals surface area contributed by atoms with E-state index < -0.39 is 0 Å². The normalized spacial score (nSPS) is 12.2. The van der Waals surface area contributed by atoms with Crippen LogP contribution in [0.25, 0.3) is 0 Å². The molecular formula is C6H11NO2. The summed E-state index contributed by atoms with van der Waals surface area (Å²) in [6, 6.07) is 0. The van der Waals surface area contributed by atoms with Gasteiger partial charge in [0.2, 0.25) is 5.91 Å². The number of aliphatic hydroxyl groups is 1. The van der Waals surface area contributed by atoms with Gasteiger partial charge in [-0.05, 0) is 0 Å². The van der Waals surface area contributed by atoms with E-state index in [9.17, 15) is 4.79 Å². The number of hydrogen-bond acceptors (Lipinski definition) is 2. The molecule has 3 heteroatoms. The molecule has 0 aromatic rings. The van der Waals surface area contributed by atoms with Crippen LogP contribution < -0.4 is 5.32 Å². The summed E-state index contributed by atoms with van der Waals surface area (Å²) < 4.78 is 0. The molecule has 0 bridgehead atoms. The molecule has 0 spiro atoms. The van der Waals surface area contributed by atoms with Gasteiger partial charge in [-0.25, -0.2) is 0 Å². The van der Waals surface area contributed by atoms with Gasteiger partial charge in [-0.2, -0.15) is 0 Å². The van der Waals surface area contributed by atoms with E-state index in [4.69, 9.17) is 5.11 Å². The third kappa shape index (κ3) is 2.87. The van der Waals surface area contributed by atoms with E-state index in [1.807, 2.05) is 0 Å². The molecule has 52 valence electrons. The minimum absolute atomic E-state index is 0.201. The van der Waals surface area contributed by atoms with E-state index >= 15 is 0 Å². The highest BCUT2D eigenvalue weighted by atomic mass is 16.3. The lowest BCUT2D eigenvalue weighted by Crippen LogP contribution is -2.28. The van der Waals surface area contributed by atoms with Gasteiger partial charge >= 0.3 is 0 Å². The predicted octanol–water partition coefficient (Wildman–Crippen LogP) is -0.126. The van der Waals surface area contributed by atoms with E-state index in [0.29, 0.717) is 0 Å². The highest BCUT2D eigenvalue weighted by molar-refractivity contribution is 5.79. The van der Waals surface area contributed by atoms with Gasteiger partial charge in [-0.1, -0.05) is 13.0 Å². The average Bonchev–Trinajstić information content (AvgIpc) is 1.87. The molecule has 3 nitrogen and oxygen atoms in total. The Kier molecular flexibility index (Phi) is 3.71. The van der Waals surface area contributed by atoms with E-state index in [0.717, 1.165) is 0 Å². The molecule has 0 aliphatic heterocycles. The van der Waals surface area contributed by atoms with Gasteiger partial charge in [0.1, 0.15) is 6.73 Å². The van der Waals surface area contributed by atoms with Crippen LogP contribution in [-0.2, 0) is 4.79 Å². The first-order valence-electron chi connectivity index (χ1n) is 2.73. The third-order valence-electron chi connectivity index (χ3n) is 1.02. The predicted molar refractivity (Wildman–Crippen MR) is 34.6 cm³/mol. The maximum absolute atomic E-state index is 10.6. The SMILES string of the molecule is C=CC(C)C(=O)NCO. The molecule has 1 amide bonds. The van der Waals surface area contributed by atoms with E-state index in [-0.39, 0.29) is 18.6 Å². The molecule has 0 saturated carbocycles. The van der Waals surface area contributed by atoms with Gasteiger partial charge < -0.3 is 10.4 Å². The molecule has 0 rings (SSSR count). The van der Waals surface area contributed by atoms with Crippen LogP contribution in [0.15, 0.2) is 12.7 Å². The van der Waals surface area contributed by atoms with Gasteiger partial charge in [0.25, 0.3) is 0 Å². The fourth-order valence-corrected chi connectivity index (χ4v) is 0.346. The Hall–Kier alpha value is -0.830. The van der Waals surface area contributed by atoms with Crippen molar-refractivity contribution < 1.29 is 9.90 Å². The lowest BCUT2D eigenvalue weighted by Gasteiger charge is -2.03. The third-order valence-corrected chi connectivity index (χ3v) is 1.02. The maximum Gasteiger partial charge on any atom is 0.228 e. The van der Waals surface area contributed by atoms with Gasteiger partial charge in [-0.3, -0.25) is 4.79 Å². The number of amides is 1. The number of nitrogens with one attached hydrogen (secondary N) is 1. The van der Waals surface area contributed by atoms with E-state index in [2.05, 4.69) is 11.9 Å². The summed E-state index contributed by atoms with van der Waals surface area (Å²) in [5, 5.41) is 10.5. The topological polar surface area (TPSA) is 49.3 Å². The zero-order valence-electron chi connectivity index (χ0n) is 5.42. The number of carbonyl (C=O) groups excluding carboxylic acids is 1. The smallest absolute Gasteiger partial charge is 0.228 e. The molecule has 2 N–H and O–H groups in total. The van der Waals surface area contributed by atoms with Crippen LogP contribution in [0.1, 0.15) is 6.92 Å². The highest BCUT2D eigenvalue weighted by Gasteiger charge is 2.05. The summed E-state index contributed by atoms with van der Waals surface area (Å²) in [6.45, 7) is 4.82. The van der Waals surface area contributed by atoms with E-state index in [1.165, 1.54) is 6.08 Å². The van der Waals surface area contributed by atoms with Crippen molar-refractivity contribution >= 4 is 5.91 Å². The molecule has 0 aromatic heterocycles. The Morgan fingerprint density at radius 2 is 2.56 bits per heavy atom. The quantitative estimate of drug-likeness (QED) is 0.412. The molecule has 1 unspecified atom stereocenters. The van der Waals surface area contributed by atoms with Crippen molar-refractivity contribution in [2.24, 2.45) is 5.92 Å². The fourth-order valence-electron chi connectivity index (χ4n) is 0.346. The molecule has 0 fully saturated rings. The lowest BCUT2D eigenvalue weighted by atomic mass is 10.2. The zero-order chi connectivity index (χ0) is 7.28. The Morgan fingerprint density at radius 3 is 2.89 bits per heavy atom. The number of carbonyl (C=O) groups is 1. The fraction of sp³-hybridized carbons (Fsp3) is 0.500. The van der Waals surface area contributed by atoms with Crippen molar-refractivity contribution in [2.75, 3.05) is 6.73 Å². The van der Waals surface area contributed by atoms with Gasteiger partial charge in [0.15, 0.2) is 0 Å². The first-order valence-corrected chi connectivity index (χ1v) is 2.73. The van der Waals surface area contributed by atoms with Crippen molar-refractivity contribution in [1.29, 1.82) is 0 Å². The first-order chi connectivity index (χ1) is 4.22. The summed E-state index contributed by atoms with van der Waals surface area (Å²) >= 11 is 0. The van der Waals surface area contributed by atoms with Gasteiger partial charge in [0.05, 0.1) is 5.92 Å². The molecule has 0 heterocycles. The minimum atomic E-state index is -0.309. The van der Waals surface area contributed by atoms with Crippen LogP contribution in [0.3, 0.4) is 0 Å². The number of aliphatic hydroxyl groups excluding tert-OH is 1. The monoisotopic (exact) mass is 129 g/mol. The maximum atomic E-state index is 10.6. The number of hydrogen-bond donors (Lipinski definition) is 2. The molecule has 0 radical (unpaired) electrons. The largest absolute Gasteiger partial charge is 0.377 e. The molecular weight excluding hydrogens is 118 g/mol. The summed E-state index contributed by atoms with van der Waals surface area (Å²) in [7, 11) is 0. The van der Waals surface area contributed by atoms with E-state index in [1.54, 1.807) is 6.92 Å². The molecule has 0 aromatic carbocycles. The van der Waals surface area contributed by atoms with Crippen molar-refractivity contribution in [2.45, 2.75) is 6.92 Å². The second kappa shape index (κ2) is 4.09. The van der Waals surface area contributed by atoms with Crippen LogP contribution in [0.2, 0.25) is 0 Å².